The van der Waals surface area contributed by atoms with Gasteiger partial charge in [-0.3, -0.25) is 24.6 Å². The van der Waals surface area contributed by atoms with Gasteiger partial charge in [0.05, 0.1) is 0 Å². The maximum Gasteiger partial charge on any atom is 0.255 e. The van der Waals surface area contributed by atoms with Gasteiger partial charge >= 0.3 is 0 Å². The first kappa shape index (κ1) is 36.2. The van der Waals surface area contributed by atoms with Gasteiger partial charge in [-0.1, -0.05) is 42.5 Å². The van der Waals surface area contributed by atoms with E-state index in [0.29, 0.717) is 36.1 Å². The zero-order chi connectivity index (χ0) is 38.7. The van der Waals surface area contributed by atoms with E-state index in [9.17, 15) is 19.5 Å². The molecule has 3 amide bonds. The molecule has 0 saturated carbocycles. The molecular weight excluding hydrogens is 711 g/mol. The lowest BCUT2D eigenvalue weighted by Crippen LogP contribution is -2.52. The average Bonchev–Trinajstić information content (AvgIpc) is 3.56. The number of piperazine rings is 1. The molecule has 3 atom stereocenters. The third kappa shape index (κ3) is 6.67. The van der Waals surface area contributed by atoms with Gasteiger partial charge < -0.3 is 19.8 Å². The number of phenolic OH excluding ortho intramolecular Hbond substituents is 1. The summed E-state index contributed by atoms with van der Waals surface area (Å²) in [7, 11) is 0. The standard InChI is InChI=1S/C48H53N5O4/c54-40-12-7-36-29-48(20-17-35(36)28-40)42-4-2-1-3-33(42)8-14-43(48)34-5-9-38(10-6-34)51-21-18-32(19-22-51)30-50-23-25-52(26-24-50)39-11-13-41-37(27-39)31-53(47(41)57)44-15-16-45(55)49-46(44)56/h1-7,9-13,27-28,32,43-44,54H,8,14-26,29-31H2,(H,49,55,56)/t43?,44-,48+/m0/s1. The molecule has 4 aromatic carbocycles. The van der Waals surface area contributed by atoms with E-state index in [1.807, 2.05) is 18.2 Å². The van der Waals surface area contributed by atoms with E-state index in [-0.39, 0.29) is 29.6 Å². The first-order valence-corrected chi connectivity index (χ1v) is 21.3. The number of rotatable bonds is 6. The van der Waals surface area contributed by atoms with Gasteiger partial charge in [0.15, 0.2) is 0 Å². The second kappa shape index (κ2) is 14.7. The second-order valence-electron chi connectivity index (χ2n) is 17.6. The average molecular weight is 764 g/mol. The van der Waals surface area contributed by atoms with Gasteiger partial charge in [0.2, 0.25) is 11.8 Å². The van der Waals surface area contributed by atoms with E-state index in [2.05, 4.69) is 86.7 Å². The van der Waals surface area contributed by atoms with Crippen LogP contribution < -0.4 is 15.1 Å². The maximum absolute atomic E-state index is 13.2. The van der Waals surface area contributed by atoms with Crippen molar-refractivity contribution in [2.45, 2.75) is 81.7 Å². The Balaban J connectivity index is 0.734. The fourth-order valence-corrected chi connectivity index (χ4v) is 11.4. The van der Waals surface area contributed by atoms with Crippen molar-refractivity contribution in [3.05, 3.63) is 124 Å². The lowest BCUT2D eigenvalue weighted by Gasteiger charge is -2.49. The van der Waals surface area contributed by atoms with Crippen LogP contribution in [0.1, 0.15) is 88.2 Å². The third-order valence-electron chi connectivity index (χ3n) is 14.5. The molecule has 0 aromatic heterocycles. The van der Waals surface area contributed by atoms with E-state index in [0.717, 1.165) is 82.7 Å². The number of carbonyl (C=O) groups is 3. The Hall–Kier alpha value is -5.15. The number of benzene rings is 4. The Morgan fingerprint density at radius 3 is 2.26 bits per heavy atom. The van der Waals surface area contributed by atoms with Crippen molar-refractivity contribution in [1.29, 1.82) is 0 Å². The highest BCUT2D eigenvalue weighted by atomic mass is 16.3. The minimum atomic E-state index is -0.584. The van der Waals surface area contributed by atoms with Crippen LogP contribution in [0.3, 0.4) is 0 Å². The maximum atomic E-state index is 13.2. The highest BCUT2D eigenvalue weighted by Gasteiger charge is 2.47. The number of piperidine rings is 2. The van der Waals surface area contributed by atoms with Crippen molar-refractivity contribution in [1.82, 2.24) is 15.1 Å². The van der Waals surface area contributed by atoms with E-state index < -0.39 is 6.04 Å². The van der Waals surface area contributed by atoms with Gasteiger partial charge in [-0.2, -0.15) is 0 Å². The first-order chi connectivity index (χ1) is 27.8. The summed E-state index contributed by atoms with van der Waals surface area (Å²) >= 11 is 0. The number of fused-ring (bicyclic) bond motifs is 4. The van der Waals surface area contributed by atoms with Crippen LogP contribution in [0, 0.1) is 5.92 Å². The summed E-state index contributed by atoms with van der Waals surface area (Å²) < 4.78 is 0. The molecule has 10 rings (SSSR count). The predicted octanol–water partition coefficient (Wildman–Crippen LogP) is 6.35. The van der Waals surface area contributed by atoms with Gasteiger partial charge in [0.1, 0.15) is 11.8 Å². The summed E-state index contributed by atoms with van der Waals surface area (Å²) in [5, 5.41) is 12.6. The quantitative estimate of drug-likeness (QED) is 0.221. The number of phenols is 1. The molecule has 3 fully saturated rings. The summed E-state index contributed by atoms with van der Waals surface area (Å²) in [5.74, 6) is 0.799. The van der Waals surface area contributed by atoms with Crippen LogP contribution in [0.25, 0.3) is 0 Å². The highest BCUT2D eigenvalue weighted by molar-refractivity contribution is 6.05. The summed E-state index contributed by atoms with van der Waals surface area (Å²) in [6.45, 7) is 7.72. The van der Waals surface area contributed by atoms with E-state index >= 15 is 0 Å². The van der Waals surface area contributed by atoms with Crippen LogP contribution in [-0.2, 0) is 40.8 Å². The van der Waals surface area contributed by atoms with E-state index in [1.54, 1.807) is 4.90 Å². The summed E-state index contributed by atoms with van der Waals surface area (Å²) in [6, 6.07) is 30.3. The molecule has 1 spiro atoms. The number of nitrogens with zero attached hydrogens (tertiary/aromatic N) is 4. The van der Waals surface area contributed by atoms with Crippen molar-refractivity contribution >= 4 is 29.1 Å². The Bertz CT molecular complexity index is 2200. The zero-order valence-corrected chi connectivity index (χ0v) is 32.8. The smallest absolute Gasteiger partial charge is 0.255 e. The zero-order valence-electron chi connectivity index (χ0n) is 32.8. The molecule has 2 N–H and O–H groups in total. The number of hydrogen-bond donors (Lipinski definition) is 2. The number of imide groups is 1. The minimum Gasteiger partial charge on any atom is -0.508 e. The lowest BCUT2D eigenvalue weighted by atomic mass is 9.55. The second-order valence-corrected chi connectivity index (χ2v) is 17.6. The van der Waals surface area contributed by atoms with Gasteiger partial charge in [0.25, 0.3) is 5.91 Å². The minimum absolute atomic E-state index is 0.0764. The molecule has 4 aromatic rings. The summed E-state index contributed by atoms with van der Waals surface area (Å²) in [5.41, 5.74) is 11.4. The third-order valence-corrected chi connectivity index (χ3v) is 14.5. The first-order valence-electron chi connectivity index (χ1n) is 21.3. The van der Waals surface area contributed by atoms with Crippen molar-refractivity contribution in [2.24, 2.45) is 5.92 Å². The number of anilines is 2. The normalized spacial score (nSPS) is 25.3. The van der Waals surface area contributed by atoms with Gasteiger partial charge in [-0.15, -0.1) is 0 Å². The van der Waals surface area contributed by atoms with Gasteiger partial charge in [0, 0.05) is 81.1 Å². The fraction of sp³-hybridized carbons (Fsp3) is 0.438. The van der Waals surface area contributed by atoms with Crippen molar-refractivity contribution in [3.63, 3.8) is 0 Å². The Morgan fingerprint density at radius 1 is 0.684 bits per heavy atom. The lowest BCUT2D eigenvalue weighted by molar-refractivity contribution is -0.136. The molecule has 6 aliphatic rings. The van der Waals surface area contributed by atoms with Crippen molar-refractivity contribution in [2.75, 3.05) is 55.6 Å². The van der Waals surface area contributed by atoms with Crippen LogP contribution in [0.15, 0.2) is 84.9 Å². The van der Waals surface area contributed by atoms with E-state index in [4.69, 9.17) is 0 Å². The summed E-state index contributed by atoms with van der Waals surface area (Å²) in [4.78, 5) is 46.6. The molecule has 2 aliphatic carbocycles. The SMILES string of the molecule is O=C1CC[C@H](N2Cc3cc(N4CCN(CC5CCN(c6ccc(C7CCc8ccccc8[C@]78CCc7cc(O)ccc7C8)cc6)CC5)CC4)ccc3C2=O)C(=O)N1. The van der Waals surface area contributed by atoms with Crippen LogP contribution in [-0.4, -0.2) is 84.5 Å². The summed E-state index contributed by atoms with van der Waals surface area (Å²) in [6.07, 6.45) is 8.50. The fourth-order valence-electron chi connectivity index (χ4n) is 11.4. The molecule has 1 unspecified atom stereocenters. The molecule has 4 heterocycles. The van der Waals surface area contributed by atoms with Gasteiger partial charge in [-0.25, -0.2) is 0 Å². The van der Waals surface area contributed by atoms with Crippen LogP contribution in [0.5, 0.6) is 5.75 Å². The molecule has 9 heteroatoms. The van der Waals surface area contributed by atoms with Crippen molar-refractivity contribution in [3.8, 4) is 5.75 Å². The molecule has 3 saturated heterocycles. The molecule has 4 aliphatic heterocycles. The topological polar surface area (TPSA) is 96.4 Å². The largest absolute Gasteiger partial charge is 0.508 e. The van der Waals surface area contributed by atoms with Crippen LogP contribution >= 0.6 is 0 Å². The Morgan fingerprint density at radius 2 is 1.46 bits per heavy atom. The number of hydrogen-bond acceptors (Lipinski definition) is 7. The monoisotopic (exact) mass is 763 g/mol. The van der Waals surface area contributed by atoms with Crippen LogP contribution in [0.4, 0.5) is 11.4 Å². The van der Waals surface area contributed by atoms with Crippen LogP contribution in [0.2, 0.25) is 0 Å². The van der Waals surface area contributed by atoms with Crippen molar-refractivity contribution < 1.29 is 19.5 Å². The number of aromatic hydroxyl groups is 1. The Kier molecular flexibility index (Phi) is 9.31. The predicted molar refractivity (Wildman–Crippen MR) is 222 cm³/mol. The number of aryl methyl sites for hydroxylation is 2. The number of carbonyl (C=O) groups excluding carboxylic acids is 3. The molecule has 0 radical (unpaired) electrons. The number of amides is 3. The molecule has 9 nitrogen and oxygen atoms in total. The highest BCUT2D eigenvalue weighted by Crippen LogP contribution is 2.54. The molecule has 294 valence electrons. The number of nitrogens with one attached hydrogen (secondary N) is 1. The van der Waals surface area contributed by atoms with Gasteiger partial charge in [-0.05, 0) is 139 Å². The molecule has 0 bridgehead atoms. The van der Waals surface area contributed by atoms with E-state index in [1.165, 1.54) is 52.8 Å². The molecular formula is C48H53N5O4. The molecule has 57 heavy (non-hydrogen) atoms. The Labute approximate surface area is 335 Å².